The van der Waals surface area contributed by atoms with Crippen LogP contribution in [0.2, 0.25) is 0 Å². The first kappa shape index (κ1) is 23.3. The van der Waals surface area contributed by atoms with E-state index in [0.717, 1.165) is 40.6 Å². The van der Waals surface area contributed by atoms with Crippen LogP contribution in [-0.2, 0) is 11.3 Å². The molecule has 0 spiro atoms. The lowest BCUT2D eigenvalue weighted by Crippen LogP contribution is -2.46. The van der Waals surface area contributed by atoms with E-state index in [1.807, 2.05) is 41.0 Å². The number of thioether (sulfide) groups is 1. The lowest BCUT2D eigenvalue weighted by molar-refractivity contribution is -0.164. The Labute approximate surface area is 194 Å². The first-order valence-corrected chi connectivity index (χ1v) is 11.7. The molecular weight excluding hydrogens is 451 g/mol. The number of pyridine rings is 1. The Hall–Kier alpha value is -2.88. The number of nitrogens with zero attached hydrogens (tertiary/aromatic N) is 5. The van der Waals surface area contributed by atoms with Crippen molar-refractivity contribution in [2.24, 2.45) is 5.92 Å². The van der Waals surface area contributed by atoms with Crippen LogP contribution in [0.3, 0.4) is 0 Å². The Balaban J connectivity index is 1.55. The van der Waals surface area contributed by atoms with E-state index < -0.39 is 24.7 Å². The summed E-state index contributed by atoms with van der Waals surface area (Å²) in [5.41, 5.74) is 1.77. The van der Waals surface area contributed by atoms with Crippen molar-refractivity contribution in [2.45, 2.75) is 43.7 Å². The van der Waals surface area contributed by atoms with Gasteiger partial charge in [-0.15, -0.1) is 10.2 Å². The summed E-state index contributed by atoms with van der Waals surface area (Å²) in [5, 5.41) is 9.00. The average Bonchev–Trinajstić information content (AvgIpc) is 3.58. The van der Waals surface area contributed by atoms with Crippen molar-refractivity contribution in [1.29, 1.82) is 0 Å². The summed E-state index contributed by atoms with van der Waals surface area (Å²) in [5.74, 6) is 0.0298. The van der Waals surface area contributed by atoms with Crippen LogP contribution in [0.1, 0.15) is 25.3 Å². The van der Waals surface area contributed by atoms with Gasteiger partial charge in [-0.2, -0.15) is 13.2 Å². The summed E-state index contributed by atoms with van der Waals surface area (Å²) in [6.07, 6.45) is 0.607. The van der Waals surface area contributed by atoms with Crippen molar-refractivity contribution in [2.75, 3.05) is 12.3 Å². The summed E-state index contributed by atoms with van der Waals surface area (Å²) in [6, 6.07) is 12.9. The third-order valence-electron chi connectivity index (χ3n) is 5.61. The number of hydrogen-bond donors (Lipinski definition) is 0. The number of hydrogen-bond acceptors (Lipinski definition) is 5. The lowest BCUT2D eigenvalue weighted by atomic mass is 10.2. The van der Waals surface area contributed by atoms with Crippen LogP contribution in [0.4, 0.5) is 13.2 Å². The van der Waals surface area contributed by atoms with Crippen molar-refractivity contribution in [3.8, 4) is 11.4 Å². The summed E-state index contributed by atoms with van der Waals surface area (Å²) < 4.78 is 41.3. The summed E-state index contributed by atoms with van der Waals surface area (Å²) in [7, 11) is 0. The Kier molecular flexibility index (Phi) is 7.02. The second-order valence-corrected chi connectivity index (χ2v) is 9.07. The molecule has 0 radical (unpaired) electrons. The molecule has 1 aliphatic carbocycles. The number of benzene rings is 1. The molecule has 1 aliphatic rings. The van der Waals surface area contributed by atoms with Gasteiger partial charge in [0.25, 0.3) is 0 Å². The number of rotatable bonds is 9. The molecule has 3 aromatic rings. The Bertz CT molecular complexity index is 1070. The first-order valence-electron chi connectivity index (χ1n) is 10.7. The Morgan fingerprint density at radius 3 is 2.58 bits per heavy atom. The minimum absolute atomic E-state index is 0.139. The van der Waals surface area contributed by atoms with Crippen LogP contribution in [-0.4, -0.2) is 55.1 Å². The monoisotopic (exact) mass is 475 g/mol. The van der Waals surface area contributed by atoms with Gasteiger partial charge in [-0.1, -0.05) is 42.1 Å². The topological polar surface area (TPSA) is 63.9 Å². The van der Waals surface area contributed by atoms with E-state index in [1.54, 1.807) is 25.4 Å². The predicted octanol–water partition coefficient (Wildman–Crippen LogP) is 4.67. The second-order valence-electron chi connectivity index (χ2n) is 8.12. The third-order valence-corrected chi connectivity index (χ3v) is 6.56. The molecule has 174 valence electrons. The first-order chi connectivity index (χ1) is 15.8. The Morgan fingerprint density at radius 2 is 1.94 bits per heavy atom. The zero-order valence-electron chi connectivity index (χ0n) is 18.1. The lowest BCUT2D eigenvalue weighted by Gasteiger charge is -2.30. The number of amides is 1. The van der Waals surface area contributed by atoms with Crippen LogP contribution in [0, 0.1) is 5.92 Å². The number of alkyl halides is 3. The summed E-state index contributed by atoms with van der Waals surface area (Å²) in [4.78, 5) is 18.0. The highest BCUT2D eigenvalue weighted by molar-refractivity contribution is 7.99. The van der Waals surface area contributed by atoms with Gasteiger partial charge in [0.05, 0.1) is 12.3 Å². The van der Waals surface area contributed by atoms with Gasteiger partial charge in [-0.25, -0.2) is 0 Å². The average molecular weight is 476 g/mol. The van der Waals surface area contributed by atoms with Crippen molar-refractivity contribution in [3.63, 3.8) is 0 Å². The molecular formula is C23H24F3N5OS. The summed E-state index contributed by atoms with van der Waals surface area (Å²) >= 11 is 1.10. The van der Waals surface area contributed by atoms with E-state index in [-0.39, 0.29) is 11.7 Å². The fraction of sp³-hybridized carbons (Fsp3) is 0.391. The highest BCUT2D eigenvalue weighted by Gasteiger charge is 2.40. The van der Waals surface area contributed by atoms with Crippen LogP contribution in [0.25, 0.3) is 11.4 Å². The number of carbonyl (C=O) groups is 1. The fourth-order valence-corrected chi connectivity index (χ4v) is 4.53. The SMILES string of the molecule is C[C@@H](C1CC1)N(CC(F)(F)F)C(=O)CSc1nnc(-c2cccnc2)n1Cc1ccccc1. The fourth-order valence-electron chi connectivity index (χ4n) is 3.71. The molecule has 0 aliphatic heterocycles. The van der Waals surface area contributed by atoms with Crippen LogP contribution in [0.5, 0.6) is 0 Å². The molecule has 33 heavy (non-hydrogen) atoms. The normalized spacial score (nSPS) is 14.8. The van der Waals surface area contributed by atoms with Crippen LogP contribution < -0.4 is 0 Å². The molecule has 2 heterocycles. The predicted molar refractivity (Wildman–Crippen MR) is 119 cm³/mol. The Morgan fingerprint density at radius 1 is 1.18 bits per heavy atom. The zero-order chi connectivity index (χ0) is 23.4. The van der Waals surface area contributed by atoms with E-state index in [4.69, 9.17) is 0 Å². The second kappa shape index (κ2) is 9.94. The van der Waals surface area contributed by atoms with Gasteiger partial charge >= 0.3 is 6.18 Å². The van der Waals surface area contributed by atoms with Gasteiger partial charge in [-0.3, -0.25) is 14.3 Å². The zero-order valence-corrected chi connectivity index (χ0v) is 18.9. The van der Waals surface area contributed by atoms with E-state index in [0.29, 0.717) is 17.5 Å². The number of halogens is 3. The van der Waals surface area contributed by atoms with Gasteiger partial charge in [0.2, 0.25) is 5.91 Å². The molecule has 1 atom stereocenters. The van der Waals surface area contributed by atoms with Gasteiger partial charge in [0.15, 0.2) is 11.0 Å². The van der Waals surface area contributed by atoms with E-state index in [2.05, 4.69) is 15.2 Å². The molecule has 1 aromatic carbocycles. The van der Waals surface area contributed by atoms with Crippen molar-refractivity contribution in [1.82, 2.24) is 24.6 Å². The van der Waals surface area contributed by atoms with Gasteiger partial charge in [-0.05, 0) is 43.4 Å². The minimum Gasteiger partial charge on any atom is -0.330 e. The van der Waals surface area contributed by atoms with Crippen molar-refractivity contribution >= 4 is 17.7 Å². The smallest absolute Gasteiger partial charge is 0.330 e. The molecule has 10 heteroatoms. The molecule has 0 N–H and O–H groups in total. The van der Waals surface area contributed by atoms with Gasteiger partial charge in [0, 0.05) is 24.0 Å². The number of aromatic nitrogens is 4. The largest absolute Gasteiger partial charge is 0.406 e. The highest BCUT2D eigenvalue weighted by atomic mass is 32.2. The molecule has 1 fully saturated rings. The van der Waals surface area contributed by atoms with E-state index >= 15 is 0 Å². The molecule has 6 nitrogen and oxygen atoms in total. The molecule has 2 aromatic heterocycles. The van der Waals surface area contributed by atoms with Gasteiger partial charge < -0.3 is 4.90 Å². The van der Waals surface area contributed by atoms with E-state index in [1.165, 1.54) is 0 Å². The molecule has 1 saturated carbocycles. The minimum atomic E-state index is -4.44. The standard InChI is InChI=1S/C23H24F3N5OS/c1-16(18-9-10-18)31(15-23(24,25)26)20(32)14-33-22-29-28-21(19-8-5-11-27-12-19)30(22)13-17-6-3-2-4-7-17/h2-8,11-12,16,18H,9-10,13-15H2,1H3/t16-/m0/s1. The van der Waals surface area contributed by atoms with Crippen LogP contribution >= 0.6 is 11.8 Å². The van der Waals surface area contributed by atoms with Crippen molar-refractivity contribution < 1.29 is 18.0 Å². The van der Waals surface area contributed by atoms with Crippen molar-refractivity contribution in [3.05, 3.63) is 60.4 Å². The maximum Gasteiger partial charge on any atom is 0.406 e. The van der Waals surface area contributed by atoms with Crippen LogP contribution in [0.15, 0.2) is 60.0 Å². The quantitative estimate of drug-likeness (QED) is 0.421. The maximum absolute atomic E-state index is 13.1. The molecule has 1 amide bonds. The molecule has 0 saturated heterocycles. The van der Waals surface area contributed by atoms with Gasteiger partial charge in [0.1, 0.15) is 6.54 Å². The highest BCUT2D eigenvalue weighted by Crippen LogP contribution is 2.36. The molecule has 0 bridgehead atoms. The maximum atomic E-state index is 13.1. The summed E-state index contributed by atoms with van der Waals surface area (Å²) in [6.45, 7) is 0.922. The third kappa shape index (κ3) is 6.13. The number of carbonyl (C=O) groups excluding carboxylic acids is 1. The molecule has 0 unspecified atom stereocenters. The van der Waals surface area contributed by atoms with E-state index in [9.17, 15) is 18.0 Å². The molecule has 4 rings (SSSR count).